The molecule has 1 aliphatic heterocycles. The molecule has 2 rings (SSSR count). The molecule has 1 aliphatic rings. The van der Waals surface area contributed by atoms with Crippen molar-refractivity contribution in [2.75, 3.05) is 0 Å². The van der Waals surface area contributed by atoms with Crippen LogP contribution in [-0.2, 0) is 11.2 Å². The van der Waals surface area contributed by atoms with Gasteiger partial charge in [-0.05, 0) is 43.5 Å². The van der Waals surface area contributed by atoms with E-state index < -0.39 is 17.7 Å². The first-order valence-electron chi connectivity index (χ1n) is 5.32. The van der Waals surface area contributed by atoms with Crippen molar-refractivity contribution in [3.05, 3.63) is 28.2 Å². The maximum absolute atomic E-state index is 10.9. The molecule has 0 bridgehead atoms. The molecule has 17 heavy (non-hydrogen) atoms. The van der Waals surface area contributed by atoms with Gasteiger partial charge in [0.2, 0.25) is 0 Å². The summed E-state index contributed by atoms with van der Waals surface area (Å²) in [6.07, 6.45) is 0.472. The largest absolute Gasteiger partial charge is 0.486 e. The van der Waals surface area contributed by atoms with Crippen molar-refractivity contribution < 1.29 is 19.7 Å². The number of rotatable bonds is 2. The number of halogens is 1. The predicted molar refractivity (Wildman–Crippen MR) is 65.1 cm³/mol. The van der Waals surface area contributed by atoms with E-state index in [9.17, 15) is 9.90 Å². The second-order valence-electron chi connectivity index (χ2n) is 4.35. The van der Waals surface area contributed by atoms with Gasteiger partial charge in [0.15, 0.2) is 5.60 Å². The summed E-state index contributed by atoms with van der Waals surface area (Å²) in [5.41, 5.74) is -0.832. The highest BCUT2D eigenvalue weighted by molar-refractivity contribution is 9.10. The van der Waals surface area contributed by atoms with Crippen LogP contribution in [0.3, 0.4) is 0 Å². The number of hydrogen-bond donors (Lipinski definition) is 2. The van der Waals surface area contributed by atoms with Gasteiger partial charge in [0, 0.05) is 4.47 Å². The Hall–Kier alpha value is -1.07. The first-order valence-corrected chi connectivity index (χ1v) is 6.11. The fraction of sp³-hybridized carbons (Fsp3) is 0.417. The van der Waals surface area contributed by atoms with Crippen molar-refractivity contribution in [3.63, 3.8) is 0 Å². The molecule has 2 unspecified atom stereocenters. The molecule has 0 saturated carbocycles. The van der Waals surface area contributed by atoms with Gasteiger partial charge in [0.1, 0.15) is 11.9 Å². The van der Waals surface area contributed by atoms with Gasteiger partial charge in [-0.3, -0.25) is 0 Å². The number of aryl methyl sites for hydroxylation is 1. The molecule has 0 amide bonds. The molecule has 0 spiro atoms. The quantitative estimate of drug-likeness (QED) is 0.876. The number of fused-ring (bicyclic) bond motifs is 1. The standard InChI is InChI=1S/C12H13BrO4/c1-12(16,11(14)15)10-5-2-7-6-8(13)3-4-9(7)17-10/h3-4,6,10,16H,2,5H2,1H3,(H,14,15). The van der Waals surface area contributed by atoms with Crippen LogP contribution < -0.4 is 4.74 Å². The second-order valence-corrected chi connectivity index (χ2v) is 5.27. The Balaban J connectivity index is 2.25. The highest BCUT2D eigenvalue weighted by atomic mass is 79.9. The predicted octanol–water partition coefficient (Wildman–Crippen LogP) is 1.98. The van der Waals surface area contributed by atoms with Gasteiger partial charge in [0.25, 0.3) is 0 Å². The maximum atomic E-state index is 10.9. The molecular weight excluding hydrogens is 288 g/mol. The van der Waals surface area contributed by atoms with Crippen LogP contribution >= 0.6 is 15.9 Å². The maximum Gasteiger partial charge on any atom is 0.339 e. The third-order valence-corrected chi connectivity index (χ3v) is 3.52. The van der Waals surface area contributed by atoms with Crippen molar-refractivity contribution in [1.82, 2.24) is 0 Å². The normalized spacial score (nSPS) is 22.2. The van der Waals surface area contributed by atoms with Crippen LogP contribution in [0, 0.1) is 0 Å². The number of hydrogen-bond acceptors (Lipinski definition) is 3. The van der Waals surface area contributed by atoms with Crippen molar-refractivity contribution in [2.45, 2.75) is 31.5 Å². The first-order chi connectivity index (χ1) is 7.91. The zero-order valence-electron chi connectivity index (χ0n) is 9.31. The molecule has 4 nitrogen and oxygen atoms in total. The lowest BCUT2D eigenvalue weighted by molar-refractivity contribution is -0.167. The monoisotopic (exact) mass is 300 g/mol. The van der Waals surface area contributed by atoms with Crippen molar-refractivity contribution in [2.24, 2.45) is 0 Å². The SMILES string of the molecule is CC(O)(C(=O)O)C1CCc2cc(Br)ccc2O1. The van der Waals surface area contributed by atoms with Crippen LogP contribution in [0.5, 0.6) is 5.75 Å². The minimum atomic E-state index is -1.86. The lowest BCUT2D eigenvalue weighted by Gasteiger charge is -2.33. The molecule has 92 valence electrons. The molecule has 1 aromatic rings. The Labute approximate surface area is 107 Å². The smallest absolute Gasteiger partial charge is 0.339 e. The molecule has 1 aromatic carbocycles. The van der Waals surface area contributed by atoms with Gasteiger partial charge in [-0.15, -0.1) is 0 Å². The summed E-state index contributed by atoms with van der Waals surface area (Å²) in [6.45, 7) is 1.27. The minimum Gasteiger partial charge on any atom is -0.486 e. The van der Waals surface area contributed by atoms with E-state index in [-0.39, 0.29) is 0 Å². The number of carbonyl (C=O) groups is 1. The number of aliphatic hydroxyl groups is 1. The molecule has 0 saturated heterocycles. The summed E-state index contributed by atoms with van der Waals surface area (Å²) in [5, 5.41) is 18.8. The highest BCUT2D eigenvalue weighted by Crippen LogP contribution is 2.33. The zero-order chi connectivity index (χ0) is 12.6. The fourth-order valence-corrected chi connectivity index (χ4v) is 2.30. The van der Waals surface area contributed by atoms with Crippen LogP contribution in [0.1, 0.15) is 18.9 Å². The van der Waals surface area contributed by atoms with E-state index >= 15 is 0 Å². The summed E-state index contributed by atoms with van der Waals surface area (Å²) >= 11 is 3.37. The Bertz CT molecular complexity index is 456. The topological polar surface area (TPSA) is 66.8 Å². The summed E-state index contributed by atoms with van der Waals surface area (Å²) < 4.78 is 6.52. The number of carboxylic acid groups (broad SMARTS) is 1. The fourth-order valence-electron chi connectivity index (χ4n) is 1.89. The van der Waals surface area contributed by atoms with Gasteiger partial charge in [0.05, 0.1) is 0 Å². The third kappa shape index (κ3) is 2.30. The zero-order valence-corrected chi connectivity index (χ0v) is 10.9. The summed E-state index contributed by atoms with van der Waals surface area (Å²) in [4.78, 5) is 10.9. The van der Waals surface area contributed by atoms with E-state index in [1.807, 2.05) is 12.1 Å². The molecule has 5 heteroatoms. The molecule has 0 aliphatic carbocycles. The summed E-state index contributed by atoms with van der Waals surface area (Å²) in [5.74, 6) is -0.617. The van der Waals surface area contributed by atoms with E-state index in [1.165, 1.54) is 6.92 Å². The number of carboxylic acids is 1. The van der Waals surface area contributed by atoms with Gasteiger partial charge in [-0.25, -0.2) is 4.79 Å². The molecule has 0 fully saturated rings. The molecule has 2 atom stereocenters. The molecular formula is C12H13BrO4. The van der Waals surface area contributed by atoms with E-state index in [0.29, 0.717) is 18.6 Å². The van der Waals surface area contributed by atoms with E-state index in [2.05, 4.69) is 15.9 Å². The van der Waals surface area contributed by atoms with Crippen molar-refractivity contribution >= 4 is 21.9 Å². The Morgan fingerprint density at radius 2 is 2.29 bits per heavy atom. The lowest BCUT2D eigenvalue weighted by atomic mass is 9.91. The first kappa shape index (κ1) is 12.4. The number of ether oxygens (including phenoxy) is 1. The lowest BCUT2D eigenvalue weighted by Crippen LogP contribution is -2.51. The molecule has 1 heterocycles. The Morgan fingerprint density at radius 1 is 1.59 bits per heavy atom. The number of aliphatic carboxylic acids is 1. The van der Waals surface area contributed by atoms with Crippen LogP contribution in [0.25, 0.3) is 0 Å². The summed E-state index contributed by atoms with van der Waals surface area (Å²) in [7, 11) is 0. The molecule has 2 N–H and O–H groups in total. The third-order valence-electron chi connectivity index (χ3n) is 3.03. The van der Waals surface area contributed by atoms with Crippen LogP contribution in [-0.4, -0.2) is 27.9 Å². The molecule has 0 radical (unpaired) electrons. The number of benzene rings is 1. The average molecular weight is 301 g/mol. The van der Waals surface area contributed by atoms with Crippen LogP contribution in [0.2, 0.25) is 0 Å². The van der Waals surface area contributed by atoms with Crippen LogP contribution in [0.4, 0.5) is 0 Å². The van der Waals surface area contributed by atoms with Crippen molar-refractivity contribution in [1.29, 1.82) is 0 Å². The van der Waals surface area contributed by atoms with Crippen molar-refractivity contribution in [3.8, 4) is 5.75 Å². The minimum absolute atomic E-state index is 0.489. The average Bonchev–Trinajstić information content (AvgIpc) is 2.28. The van der Waals surface area contributed by atoms with E-state index in [4.69, 9.17) is 9.84 Å². The van der Waals surface area contributed by atoms with Gasteiger partial charge in [-0.1, -0.05) is 15.9 Å². The van der Waals surface area contributed by atoms with Gasteiger partial charge >= 0.3 is 5.97 Å². The van der Waals surface area contributed by atoms with Gasteiger partial charge in [-0.2, -0.15) is 0 Å². The Morgan fingerprint density at radius 3 is 2.94 bits per heavy atom. The Kier molecular flexibility index (Phi) is 3.14. The van der Waals surface area contributed by atoms with Crippen LogP contribution in [0.15, 0.2) is 22.7 Å². The second kappa shape index (κ2) is 4.31. The summed E-state index contributed by atoms with van der Waals surface area (Å²) in [6, 6.07) is 5.56. The van der Waals surface area contributed by atoms with E-state index in [0.717, 1.165) is 10.0 Å². The molecule has 0 aromatic heterocycles. The highest BCUT2D eigenvalue weighted by Gasteiger charge is 2.42. The van der Waals surface area contributed by atoms with Gasteiger partial charge < -0.3 is 14.9 Å². The van der Waals surface area contributed by atoms with E-state index in [1.54, 1.807) is 6.07 Å².